The molecule has 0 saturated carbocycles. The van der Waals surface area contributed by atoms with Gasteiger partial charge in [-0.05, 0) is 53.0 Å². The van der Waals surface area contributed by atoms with Gasteiger partial charge in [-0.3, -0.25) is 4.90 Å². The number of piperidine rings is 1. The maximum absolute atomic E-state index is 9.60. The van der Waals surface area contributed by atoms with E-state index in [2.05, 4.69) is 44.8 Å². The number of rotatable bonds is 7. The van der Waals surface area contributed by atoms with Crippen molar-refractivity contribution in [2.45, 2.75) is 90.4 Å². The van der Waals surface area contributed by atoms with Crippen LogP contribution in [0, 0.1) is 0 Å². The molecule has 0 amide bonds. The highest BCUT2D eigenvalue weighted by atomic mass is 16.3. The molecular weight excluding hydrogens is 236 g/mol. The van der Waals surface area contributed by atoms with Crippen molar-refractivity contribution < 1.29 is 5.11 Å². The highest BCUT2D eigenvalue weighted by Crippen LogP contribution is 2.23. The Labute approximate surface area is 119 Å². The van der Waals surface area contributed by atoms with E-state index in [0.717, 1.165) is 31.5 Å². The molecule has 3 heteroatoms. The lowest BCUT2D eigenvalue weighted by molar-refractivity contribution is 0.0915. The Balaban J connectivity index is 2.38. The summed E-state index contributed by atoms with van der Waals surface area (Å²) in [5.41, 5.74) is -0.129. The van der Waals surface area contributed by atoms with Gasteiger partial charge in [0.2, 0.25) is 0 Å². The predicted molar refractivity (Wildman–Crippen MR) is 82.5 cm³/mol. The molecule has 1 aliphatic rings. The number of hydrogen-bond acceptors (Lipinski definition) is 3. The quantitative estimate of drug-likeness (QED) is 0.747. The van der Waals surface area contributed by atoms with Gasteiger partial charge in [0, 0.05) is 23.7 Å². The summed E-state index contributed by atoms with van der Waals surface area (Å²) < 4.78 is 0. The summed E-state index contributed by atoms with van der Waals surface area (Å²) in [7, 11) is 0. The molecule has 0 aromatic rings. The van der Waals surface area contributed by atoms with Crippen LogP contribution in [0.3, 0.4) is 0 Å². The molecule has 3 nitrogen and oxygen atoms in total. The second-order valence-electron chi connectivity index (χ2n) is 6.99. The molecule has 1 heterocycles. The van der Waals surface area contributed by atoms with Crippen molar-refractivity contribution in [1.82, 2.24) is 10.2 Å². The third-order valence-corrected chi connectivity index (χ3v) is 4.51. The van der Waals surface area contributed by atoms with Gasteiger partial charge in [0.1, 0.15) is 0 Å². The number of aliphatic hydroxyl groups excluding tert-OH is 1. The van der Waals surface area contributed by atoms with Crippen LogP contribution in [0.2, 0.25) is 0 Å². The van der Waals surface area contributed by atoms with E-state index in [-0.39, 0.29) is 12.1 Å². The van der Waals surface area contributed by atoms with Crippen LogP contribution in [0.5, 0.6) is 0 Å². The molecule has 0 bridgehead atoms. The van der Waals surface area contributed by atoms with Gasteiger partial charge in [-0.25, -0.2) is 0 Å². The normalized spacial score (nSPS) is 28.6. The first-order chi connectivity index (χ1) is 8.88. The van der Waals surface area contributed by atoms with Crippen molar-refractivity contribution in [3.63, 3.8) is 0 Å². The maximum atomic E-state index is 9.60. The number of hydrogen-bond donors (Lipinski definition) is 2. The first-order valence-corrected chi connectivity index (χ1v) is 8.02. The molecule has 0 aromatic carbocycles. The van der Waals surface area contributed by atoms with Crippen LogP contribution in [0.25, 0.3) is 0 Å². The zero-order valence-electron chi connectivity index (χ0n) is 13.6. The van der Waals surface area contributed by atoms with Crippen LogP contribution in [0.1, 0.15) is 66.7 Å². The van der Waals surface area contributed by atoms with Crippen molar-refractivity contribution in [2.75, 3.05) is 13.2 Å². The lowest BCUT2D eigenvalue weighted by Gasteiger charge is -2.40. The molecule has 0 radical (unpaired) electrons. The fourth-order valence-electron chi connectivity index (χ4n) is 3.46. The summed E-state index contributed by atoms with van der Waals surface area (Å²) in [5.74, 6) is 0. The number of likely N-dealkylation sites (tertiary alicyclic amines) is 1. The Morgan fingerprint density at radius 2 is 1.84 bits per heavy atom. The minimum atomic E-state index is -0.129. The second-order valence-corrected chi connectivity index (χ2v) is 6.99. The van der Waals surface area contributed by atoms with Crippen LogP contribution in [-0.2, 0) is 0 Å². The summed E-state index contributed by atoms with van der Waals surface area (Å²) in [6.07, 6.45) is 6.25. The predicted octanol–water partition coefficient (Wildman–Crippen LogP) is 2.78. The van der Waals surface area contributed by atoms with E-state index in [1.807, 2.05) is 0 Å². The van der Waals surface area contributed by atoms with E-state index in [9.17, 15) is 5.11 Å². The fourth-order valence-corrected chi connectivity index (χ4v) is 3.46. The van der Waals surface area contributed by atoms with E-state index in [4.69, 9.17) is 0 Å². The second kappa shape index (κ2) is 7.61. The zero-order chi connectivity index (χ0) is 14.5. The number of nitrogens with zero attached hydrogens (tertiary/aromatic N) is 1. The van der Waals surface area contributed by atoms with E-state index < -0.39 is 0 Å². The highest BCUT2D eigenvalue weighted by molar-refractivity contribution is 4.85. The third-order valence-electron chi connectivity index (χ3n) is 4.51. The van der Waals surface area contributed by atoms with Crippen molar-refractivity contribution >= 4 is 0 Å². The number of nitrogens with one attached hydrogen (secondary N) is 1. The molecule has 114 valence electrons. The van der Waals surface area contributed by atoms with Gasteiger partial charge < -0.3 is 10.4 Å². The van der Waals surface area contributed by atoms with Crippen molar-refractivity contribution in [1.29, 1.82) is 0 Å². The minimum Gasteiger partial charge on any atom is -0.394 e. The van der Waals surface area contributed by atoms with Crippen LogP contribution in [0.4, 0.5) is 0 Å². The van der Waals surface area contributed by atoms with E-state index in [1.165, 1.54) is 19.3 Å². The molecule has 1 aliphatic heterocycles. The monoisotopic (exact) mass is 270 g/mol. The Kier molecular flexibility index (Phi) is 6.78. The van der Waals surface area contributed by atoms with E-state index in [0.29, 0.717) is 6.04 Å². The van der Waals surface area contributed by atoms with Crippen LogP contribution < -0.4 is 5.32 Å². The Hall–Kier alpha value is -0.120. The lowest BCUT2D eigenvalue weighted by atomic mass is 9.93. The molecule has 2 N–H and O–H groups in total. The summed E-state index contributed by atoms with van der Waals surface area (Å²) >= 11 is 0. The van der Waals surface area contributed by atoms with Gasteiger partial charge in [-0.15, -0.1) is 0 Å². The topological polar surface area (TPSA) is 35.5 Å². The van der Waals surface area contributed by atoms with Gasteiger partial charge in [0.15, 0.2) is 0 Å². The molecule has 1 unspecified atom stereocenters. The van der Waals surface area contributed by atoms with Crippen LogP contribution in [-0.4, -0.2) is 46.8 Å². The van der Waals surface area contributed by atoms with Gasteiger partial charge in [0.25, 0.3) is 0 Å². The first kappa shape index (κ1) is 16.9. The molecule has 0 spiro atoms. The van der Waals surface area contributed by atoms with Gasteiger partial charge in [0.05, 0.1) is 6.61 Å². The highest BCUT2D eigenvalue weighted by Gasteiger charge is 2.27. The molecule has 0 aromatic heterocycles. The van der Waals surface area contributed by atoms with Gasteiger partial charge >= 0.3 is 0 Å². The van der Waals surface area contributed by atoms with Gasteiger partial charge in [-0.1, -0.05) is 20.3 Å². The summed E-state index contributed by atoms with van der Waals surface area (Å²) in [4.78, 5) is 2.65. The summed E-state index contributed by atoms with van der Waals surface area (Å²) in [5, 5.41) is 13.1. The van der Waals surface area contributed by atoms with E-state index in [1.54, 1.807) is 0 Å². The third kappa shape index (κ3) is 5.41. The Bertz CT molecular complexity index is 247. The van der Waals surface area contributed by atoms with Crippen LogP contribution >= 0.6 is 0 Å². The maximum Gasteiger partial charge on any atom is 0.0610 e. The number of aliphatic hydroxyl groups is 1. The largest absolute Gasteiger partial charge is 0.394 e. The molecule has 19 heavy (non-hydrogen) atoms. The Morgan fingerprint density at radius 3 is 2.32 bits per heavy atom. The SMILES string of the molecule is CC(C)NC(C)(CO)CCCN1[C@H](C)CCC[C@@H]1C. The van der Waals surface area contributed by atoms with Gasteiger partial charge in [-0.2, -0.15) is 0 Å². The Morgan fingerprint density at radius 1 is 1.26 bits per heavy atom. The summed E-state index contributed by atoms with van der Waals surface area (Å²) in [6, 6.07) is 1.87. The molecule has 1 fully saturated rings. The zero-order valence-corrected chi connectivity index (χ0v) is 13.6. The average molecular weight is 270 g/mol. The van der Waals surface area contributed by atoms with E-state index >= 15 is 0 Å². The van der Waals surface area contributed by atoms with Crippen molar-refractivity contribution in [3.8, 4) is 0 Å². The molecule has 0 aliphatic carbocycles. The minimum absolute atomic E-state index is 0.129. The average Bonchev–Trinajstić information content (AvgIpc) is 2.32. The summed E-state index contributed by atoms with van der Waals surface area (Å²) in [6.45, 7) is 12.5. The standard InChI is InChI=1S/C16H34N2O/c1-13(2)17-16(5,12-19)10-7-11-18-14(3)8-6-9-15(18)4/h13-15,17,19H,6-12H2,1-5H3/t14-,15+,16?. The van der Waals surface area contributed by atoms with Crippen LogP contribution in [0.15, 0.2) is 0 Å². The molecular formula is C16H34N2O. The first-order valence-electron chi connectivity index (χ1n) is 8.02. The fraction of sp³-hybridized carbons (Fsp3) is 1.00. The smallest absolute Gasteiger partial charge is 0.0610 e. The molecule has 1 saturated heterocycles. The lowest BCUT2D eigenvalue weighted by Crippen LogP contribution is -2.50. The van der Waals surface area contributed by atoms with Crippen molar-refractivity contribution in [3.05, 3.63) is 0 Å². The van der Waals surface area contributed by atoms with Crippen molar-refractivity contribution in [2.24, 2.45) is 0 Å². The molecule has 1 rings (SSSR count). The molecule has 3 atom stereocenters.